The molecule has 0 radical (unpaired) electrons. The molecule has 36 heavy (non-hydrogen) atoms. The molecule has 3 rings (SSSR count). The monoisotopic (exact) mass is 535 g/mol. The van der Waals surface area contributed by atoms with E-state index in [4.69, 9.17) is 0 Å². The number of hydrogen-bond donors (Lipinski definition) is 0. The van der Waals surface area contributed by atoms with Crippen molar-refractivity contribution in [2.75, 3.05) is 0 Å². The highest BCUT2D eigenvalue weighted by molar-refractivity contribution is 4.52. The van der Waals surface area contributed by atoms with Crippen LogP contribution in [0.25, 0.3) is 0 Å². The lowest BCUT2D eigenvalue weighted by Gasteiger charge is -1.67. The largest absolute Gasteiger partial charge is 0.0776 e. The first-order valence-corrected chi connectivity index (χ1v) is 11.7. The average Bonchev–Trinajstić information content (AvgIpc) is 3.37. The topological polar surface area (TPSA) is 0 Å². The van der Waals surface area contributed by atoms with Crippen LogP contribution < -0.4 is 0 Å². The van der Waals surface area contributed by atoms with Gasteiger partial charge in [-0.25, -0.2) is 0 Å². The van der Waals surface area contributed by atoms with E-state index in [9.17, 15) is 0 Å². The van der Waals surface area contributed by atoms with E-state index >= 15 is 0 Å². The molecule has 0 bridgehead atoms. The van der Waals surface area contributed by atoms with E-state index < -0.39 is 0 Å². The summed E-state index contributed by atoms with van der Waals surface area (Å²) >= 11 is 0. The van der Waals surface area contributed by atoms with Crippen LogP contribution in [0.15, 0.2) is 0 Å². The Bertz CT molecular complexity index is 86.8. The van der Waals surface area contributed by atoms with Crippen molar-refractivity contribution in [3.05, 3.63) is 0 Å². The number of rotatable bonds is 0. The maximum absolute atomic E-state index is 2.12. The quantitative estimate of drug-likeness (QED) is 0.290. The van der Waals surface area contributed by atoms with E-state index in [-0.39, 0.29) is 89.1 Å². The van der Waals surface area contributed by atoms with Gasteiger partial charge in [-0.15, -0.1) is 0 Å². The summed E-state index contributed by atoms with van der Waals surface area (Å²) in [4.78, 5) is 0. The van der Waals surface area contributed by atoms with Crippen molar-refractivity contribution in [1.29, 1.82) is 0 Å². The van der Waals surface area contributed by atoms with Gasteiger partial charge in [0, 0.05) is 0 Å². The first-order chi connectivity index (χ1) is 11.7. The first kappa shape index (κ1) is 100. The van der Waals surface area contributed by atoms with E-state index in [0.717, 1.165) is 0 Å². The third-order valence-corrected chi connectivity index (χ3v) is 3.75. The van der Waals surface area contributed by atoms with Gasteiger partial charge in [-0.3, -0.25) is 0 Å². The first-order valence-electron chi connectivity index (χ1n) is 11.7. The summed E-state index contributed by atoms with van der Waals surface area (Å²) < 4.78 is 0. The molecular weight excluding hydrogens is 432 g/mol. The molecule has 0 spiro atoms. The molecule has 0 aromatic rings. The average molecular weight is 535 g/mol. The summed E-state index contributed by atoms with van der Waals surface area (Å²) in [7, 11) is 0. The van der Waals surface area contributed by atoms with Gasteiger partial charge >= 0.3 is 0 Å². The molecule has 0 aromatic heterocycles. The van der Waals surface area contributed by atoms with E-state index in [1.54, 1.807) is 0 Å². The van der Waals surface area contributed by atoms with Crippen LogP contribution in [-0.2, 0) is 0 Å². The Morgan fingerprint density at radius 1 is 0.194 bits per heavy atom. The second-order valence-electron chi connectivity index (χ2n) is 7.42. The fourth-order valence-corrected chi connectivity index (χ4v) is 2.65. The standard InChI is InChI=1S/3C5H10.3C3H8.12CH4/c3*1-2-4-5-3-1;3*1-3-2;;;;;;;;;;;;/h3*1-5H2;3*3H2,1-2H3;12*1H4. The number of hydrogen-bond acceptors (Lipinski definition) is 0. The molecule has 0 heteroatoms. The summed E-state index contributed by atoms with van der Waals surface area (Å²) in [5.74, 6) is 0. The third-order valence-electron chi connectivity index (χ3n) is 3.75. The fraction of sp³-hybridized carbons (Fsp3) is 1.00. The van der Waals surface area contributed by atoms with Crippen LogP contribution in [0.1, 0.15) is 246 Å². The van der Waals surface area contributed by atoms with E-state index in [0.29, 0.717) is 0 Å². The van der Waals surface area contributed by atoms with E-state index in [2.05, 4.69) is 41.5 Å². The lowest BCUT2D eigenvalue weighted by atomic mass is 10.4. The molecule has 3 saturated carbocycles. The van der Waals surface area contributed by atoms with Crippen molar-refractivity contribution in [3.8, 4) is 0 Å². The van der Waals surface area contributed by atoms with Gasteiger partial charge in [0.25, 0.3) is 0 Å². The Balaban J connectivity index is -0.0000000108. The lowest BCUT2D eigenvalue weighted by Crippen LogP contribution is -1.47. The molecule has 0 aromatic carbocycles. The van der Waals surface area contributed by atoms with Gasteiger partial charge < -0.3 is 0 Å². The van der Waals surface area contributed by atoms with Crippen molar-refractivity contribution in [2.24, 2.45) is 0 Å². The summed E-state index contributed by atoms with van der Waals surface area (Å²) in [6.07, 6.45) is 26.2. The van der Waals surface area contributed by atoms with Crippen molar-refractivity contribution in [2.45, 2.75) is 246 Å². The highest BCUT2D eigenvalue weighted by Crippen LogP contribution is 2.16. The van der Waals surface area contributed by atoms with Crippen LogP contribution in [0.4, 0.5) is 0 Å². The summed E-state index contributed by atoms with van der Waals surface area (Å²) in [6, 6.07) is 0. The Morgan fingerprint density at radius 2 is 0.222 bits per heavy atom. The minimum absolute atomic E-state index is 0. The van der Waals surface area contributed by atoms with Gasteiger partial charge in [0.2, 0.25) is 0 Å². The second-order valence-corrected chi connectivity index (χ2v) is 7.42. The predicted octanol–water partition coefficient (Wildman–Crippen LogP) is 17.7. The van der Waals surface area contributed by atoms with Crippen LogP contribution in [0.5, 0.6) is 0 Å². The van der Waals surface area contributed by atoms with Gasteiger partial charge in [-0.05, 0) is 0 Å². The molecule has 246 valence electrons. The Kier molecular flexibility index (Phi) is 347. The van der Waals surface area contributed by atoms with Crippen LogP contribution in [0.3, 0.4) is 0 Å². The Hall–Kier alpha value is 0. The highest BCUT2D eigenvalue weighted by Gasteiger charge is 1.96. The summed E-state index contributed by atoms with van der Waals surface area (Å²) in [5.41, 5.74) is 0. The van der Waals surface area contributed by atoms with Gasteiger partial charge in [0.1, 0.15) is 0 Å². The maximum atomic E-state index is 2.12. The highest BCUT2D eigenvalue weighted by atomic mass is 14.0. The summed E-state index contributed by atoms with van der Waals surface area (Å²) in [5, 5.41) is 0. The molecule has 3 fully saturated rings. The molecular formula is C36H102. The molecule has 3 aliphatic carbocycles. The normalized spacial score (nSPS) is 11.5. The molecule has 0 saturated heterocycles. The lowest BCUT2D eigenvalue weighted by molar-refractivity contribution is 0.886. The fourth-order valence-electron chi connectivity index (χ4n) is 2.65. The van der Waals surface area contributed by atoms with E-state index in [1.165, 1.54) is 116 Å². The van der Waals surface area contributed by atoms with Crippen molar-refractivity contribution >= 4 is 0 Å². The minimum atomic E-state index is 0. The Labute approximate surface area is 246 Å². The van der Waals surface area contributed by atoms with Crippen molar-refractivity contribution < 1.29 is 0 Å². The van der Waals surface area contributed by atoms with Crippen LogP contribution >= 0.6 is 0 Å². The SMILES string of the molecule is C.C.C.C.C.C.C.C.C.C.C.C.C1CCCC1.C1CCCC1.C1CCCC1.CCC.CCC.CCC. The van der Waals surface area contributed by atoms with E-state index in [1.807, 2.05) is 0 Å². The molecule has 0 atom stereocenters. The van der Waals surface area contributed by atoms with Crippen molar-refractivity contribution in [1.82, 2.24) is 0 Å². The second kappa shape index (κ2) is 125. The molecule has 0 nitrogen and oxygen atoms in total. The van der Waals surface area contributed by atoms with Crippen LogP contribution in [0.2, 0.25) is 0 Å². The smallest absolute Gasteiger partial charge is 0.0533 e. The van der Waals surface area contributed by atoms with Crippen molar-refractivity contribution in [3.63, 3.8) is 0 Å². The molecule has 3 aliphatic rings. The zero-order valence-electron chi connectivity index (χ0n) is 18.7. The molecule has 0 aliphatic heterocycles. The molecule has 0 N–H and O–H groups in total. The third kappa shape index (κ3) is 165. The molecule has 0 unspecified atom stereocenters. The molecule has 0 amide bonds. The van der Waals surface area contributed by atoms with Gasteiger partial charge in [-0.2, -0.15) is 0 Å². The zero-order chi connectivity index (χ0) is 18.7. The maximum Gasteiger partial charge on any atom is -0.0533 e. The predicted molar refractivity (Wildman–Crippen MR) is 198 cm³/mol. The van der Waals surface area contributed by atoms with Gasteiger partial charge in [0.05, 0.1) is 0 Å². The van der Waals surface area contributed by atoms with Gasteiger partial charge in [-0.1, -0.05) is 246 Å². The van der Waals surface area contributed by atoms with Crippen LogP contribution in [0, 0.1) is 0 Å². The summed E-state index contributed by atoms with van der Waals surface area (Å²) in [6.45, 7) is 12.8. The van der Waals surface area contributed by atoms with Gasteiger partial charge in [0.15, 0.2) is 0 Å². The minimum Gasteiger partial charge on any atom is -0.0776 e. The van der Waals surface area contributed by atoms with Crippen LogP contribution in [-0.4, -0.2) is 0 Å². The Morgan fingerprint density at radius 3 is 0.250 bits per heavy atom. The zero-order valence-corrected chi connectivity index (χ0v) is 18.7. The molecule has 0 heterocycles.